The number of pyridine rings is 1. The molecule has 84 valence electrons. The van der Waals surface area contributed by atoms with Crippen molar-refractivity contribution >= 4 is 33.9 Å². The van der Waals surface area contributed by atoms with Crippen molar-refractivity contribution in [3.05, 3.63) is 28.0 Å². The van der Waals surface area contributed by atoms with Crippen molar-refractivity contribution in [1.29, 1.82) is 0 Å². The van der Waals surface area contributed by atoms with Gasteiger partial charge < -0.3 is 9.64 Å². The summed E-state index contributed by atoms with van der Waals surface area (Å²) in [6, 6.07) is 6.32. The predicted octanol–water partition coefficient (Wildman–Crippen LogP) is 1.78. The van der Waals surface area contributed by atoms with Crippen molar-refractivity contribution in [2.75, 3.05) is 31.2 Å². The van der Waals surface area contributed by atoms with Gasteiger partial charge in [-0.05, 0) is 34.7 Å². The molecule has 0 atom stereocenters. The summed E-state index contributed by atoms with van der Waals surface area (Å²) in [5.74, 6) is 1.05. The summed E-state index contributed by atoms with van der Waals surface area (Å²) in [6.07, 6.45) is 2.04. The van der Waals surface area contributed by atoms with Gasteiger partial charge in [0, 0.05) is 28.9 Å². The van der Waals surface area contributed by atoms with Gasteiger partial charge in [-0.15, -0.1) is 0 Å². The van der Waals surface area contributed by atoms with Crippen LogP contribution in [-0.2, 0) is 4.74 Å². The number of nitrogens with zero attached hydrogens (tertiary/aromatic N) is 3. The fourth-order valence-corrected chi connectivity index (χ4v) is 2.34. The first-order chi connectivity index (χ1) is 7.83. The van der Waals surface area contributed by atoms with Crippen LogP contribution in [0.1, 0.15) is 0 Å². The molecule has 2 aromatic rings. The molecule has 3 heterocycles. The van der Waals surface area contributed by atoms with E-state index in [1.165, 1.54) is 3.57 Å². The van der Waals surface area contributed by atoms with Crippen LogP contribution in [0.2, 0.25) is 0 Å². The zero-order valence-corrected chi connectivity index (χ0v) is 10.9. The van der Waals surface area contributed by atoms with Gasteiger partial charge >= 0.3 is 0 Å². The van der Waals surface area contributed by atoms with Crippen LogP contribution in [0, 0.1) is 3.57 Å². The number of ether oxygens (including phenoxy) is 1. The maximum atomic E-state index is 5.34. The molecule has 1 aliphatic rings. The summed E-state index contributed by atoms with van der Waals surface area (Å²) in [4.78, 5) is 2.27. The number of hydrogen-bond donors (Lipinski definition) is 0. The van der Waals surface area contributed by atoms with Gasteiger partial charge in [-0.3, -0.25) is 0 Å². The van der Waals surface area contributed by atoms with E-state index in [1.807, 2.05) is 10.7 Å². The molecule has 0 aromatic carbocycles. The van der Waals surface area contributed by atoms with Crippen LogP contribution >= 0.6 is 22.6 Å². The summed E-state index contributed by atoms with van der Waals surface area (Å²) in [7, 11) is 0. The lowest BCUT2D eigenvalue weighted by Gasteiger charge is -2.26. The number of morpholine rings is 1. The fraction of sp³-hybridized carbons (Fsp3) is 0.364. The highest BCUT2D eigenvalue weighted by molar-refractivity contribution is 14.1. The molecule has 0 aliphatic carbocycles. The summed E-state index contributed by atoms with van der Waals surface area (Å²) in [5.41, 5.74) is 1.14. The fourth-order valence-electron chi connectivity index (χ4n) is 1.90. The average molecular weight is 329 g/mol. The summed E-state index contributed by atoms with van der Waals surface area (Å²) < 4.78 is 8.47. The van der Waals surface area contributed by atoms with Crippen LogP contribution in [-0.4, -0.2) is 35.9 Å². The summed E-state index contributed by atoms with van der Waals surface area (Å²) in [6.45, 7) is 3.46. The molecule has 4 nitrogen and oxygen atoms in total. The monoisotopic (exact) mass is 329 g/mol. The first kappa shape index (κ1) is 10.3. The Morgan fingerprint density at radius 3 is 2.88 bits per heavy atom. The second-order valence-corrected chi connectivity index (χ2v) is 5.06. The van der Waals surface area contributed by atoms with Crippen molar-refractivity contribution in [3.63, 3.8) is 0 Å². The van der Waals surface area contributed by atoms with Crippen molar-refractivity contribution in [2.45, 2.75) is 0 Å². The Labute approximate surface area is 107 Å². The van der Waals surface area contributed by atoms with E-state index in [2.05, 4.69) is 50.8 Å². The van der Waals surface area contributed by atoms with E-state index < -0.39 is 0 Å². The van der Waals surface area contributed by atoms with E-state index >= 15 is 0 Å². The topological polar surface area (TPSA) is 29.8 Å². The minimum atomic E-state index is 0.797. The molecule has 0 bridgehead atoms. The van der Waals surface area contributed by atoms with Gasteiger partial charge in [0.05, 0.1) is 18.7 Å². The second-order valence-electron chi connectivity index (χ2n) is 3.82. The van der Waals surface area contributed by atoms with Gasteiger partial charge in [0.2, 0.25) is 0 Å². The molecule has 1 aliphatic heterocycles. The molecule has 0 amide bonds. The highest BCUT2D eigenvalue weighted by atomic mass is 127. The standard InChI is InChI=1S/C11H12IN3O/c12-9-1-2-10-7-11(13-15(10)8-9)14-3-5-16-6-4-14/h1-2,7-8H,3-6H2. The van der Waals surface area contributed by atoms with E-state index in [0.717, 1.165) is 37.6 Å². The number of anilines is 1. The largest absolute Gasteiger partial charge is 0.378 e. The van der Waals surface area contributed by atoms with Gasteiger partial charge in [0.25, 0.3) is 0 Å². The molecule has 0 spiro atoms. The Bertz CT molecular complexity index is 505. The van der Waals surface area contributed by atoms with E-state index in [0.29, 0.717) is 0 Å². The molecule has 1 fully saturated rings. The number of aromatic nitrogens is 2. The minimum absolute atomic E-state index is 0.797. The molecule has 0 N–H and O–H groups in total. The molecule has 2 aromatic heterocycles. The Hall–Kier alpha value is -0.820. The number of hydrogen-bond acceptors (Lipinski definition) is 3. The third kappa shape index (κ3) is 1.89. The van der Waals surface area contributed by atoms with Gasteiger partial charge in [-0.2, -0.15) is 5.10 Å². The molecule has 5 heteroatoms. The van der Waals surface area contributed by atoms with Crippen LogP contribution in [0.3, 0.4) is 0 Å². The molecule has 3 rings (SSSR count). The van der Waals surface area contributed by atoms with Crippen LogP contribution in [0.4, 0.5) is 5.82 Å². The molecule has 0 saturated carbocycles. The van der Waals surface area contributed by atoms with E-state index in [-0.39, 0.29) is 0 Å². The first-order valence-electron chi connectivity index (χ1n) is 5.30. The molecule has 16 heavy (non-hydrogen) atoms. The van der Waals surface area contributed by atoms with Crippen LogP contribution in [0.25, 0.3) is 5.52 Å². The quantitative estimate of drug-likeness (QED) is 0.747. The lowest BCUT2D eigenvalue weighted by atomic mass is 10.4. The second kappa shape index (κ2) is 4.21. The first-order valence-corrected chi connectivity index (χ1v) is 6.38. The number of halogens is 1. The van der Waals surface area contributed by atoms with E-state index in [4.69, 9.17) is 4.74 Å². The van der Waals surface area contributed by atoms with Crippen LogP contribution in [0.5, 0.6) is 0 Å². The van der Waals surface area contributed by atoms with E-state index in [9.17, 15) is 0 Å². The highest BCUT2D eigenvalue weighted by Gasteiger charge is 2.14. The predicted molar refractivity (Wildman–Crippen MR) is 70.9 cm³/mol. The van der Waals surface area contributed by atoms with Crippen molar-refractivity contribution in [2.24, 2.45) is 0 Å². The third-order valence-corrected chi connectivity index (χ3v) is 3.38. The molecule has 0 unspecified atom stereocenters. The Kier molecular flexibility index (Phi) is 2.72. The lowest BCUT2D eigenvalue weighted by molar-refractivity contribution is 0.122. The Morgan fingerprint density at radius 2 is 2.06 bits per heavy atom. The minimum Gasteiger partial charge on any atom is -0.378 e. The number of fused-ring (bicyclic) bond motifs is 1. The Morgan fingerprint density at radius 1 is 1.25 bits per heavy atom. The lowest BCUT2D eigenvalue weighted by Crippen LogP contribution is -2.36. The highest BCUT2D eigenvalue weighted by Crippen LogP contribution is 2.17. The van der Waals surface area contributed by atoms with Crippen molar-refractivity contribution in [3.8, 4) is 0 Å². The third-order valence-electron chi connectivity index (χ3n) is 2.75. The van der Waals surface area contributed by atoms with Crippen LogP contribution in [0.15, 0.2) is 24.4 Å². The van der Waals surface area contributed by atoms with E-state index in [1.54, 1.807) is 0 Å². The van der Waals surface area contributed by atoms with Gasteiger partial charge in [0.15, 0.2) is 5.82 Å². The van der Waals surface area contributed by atoms with Crippen LogP contribution < -0.4 is 4.90 Å². The summed E-state index contributed by atoms with van der Waals surface area (Å²) in [5, 5.41) is 4.58. The van der Waals surface area contributed by atoms with Crippen molar-refractivity contribution < 1.29 is 4.74 Å². The maximum Gasteiger partial charge on any atom is 0.151 e. The molecule has 0 radical (unpaired) electrons. The SMILES string of the molecule is Ic1ccc2cc(N3CCOCC3)nn2c1. The van der Waals surface area contributed by atoms with Gasteiger partial charge in [-0.25, -0.2) is 4.52 Å². The van der Waals surface area contributed by atoms with Crippen molar-refractivity contribution in [1.82, 2.24) is 9.61 Å². The smallest absolute Gasteiger partial charge is 0.151 e. The zero-order chi connectivity index (χ0) is 11.0. The van der Waals surface area contributed by atoms with Gasteiger partial charge in [-0.1, -0.05) is 0 Å². The molecule has 1 saturated heterocycles. The zero-order valence-electron chi connectivity index (χ0n) is 8.77. The molecular weight excluding hydrogens is 317 g/mol. The normalized spacial score (nSPS) is 16.9. The molecular formula is C11H12IN3O. The van der Waals surface area contributed by atoms with Gasteiger partial charge in [0.1, 0.15) is 0 Å². The number of rotatable bonds is 1. The average Bonchev–Trinajstić information content (AvgIpc) is 2.73. The Balaban J connectivity index is 1.97. The maximum absolute atomic E-state index is 5.34. The summed E-state index contributed by atoms with van der Waals surface area (Å²) >= 11 is 2.30.